The van der Waals surface area contributed by atoms with Gasteiger partial charge in [-0.05, 0) is 21.5 Å². The lowest BCUT2D eigenvalue weighted by Gasteiger charge is -2.27. The van der Waals surface area contributed by atoms with E-state index in [-0.39, 0.29) is 11.1 Å². The van der Waals surface area contributed by atoms with Gasteiger partial charge in [0.1, 0.15) is 0 Å². The first kappa shape index (κ1) is 14.8. The summed E-state index contributed by atoms with van der Waals surface area (Å²) in [6.07, 6.45) is 0. The molecule has 5 rings (SSSR count). The maximum atomic E-state index is 3.96. The summed E-state index contributed by atoms with van der Waals surface area (Å²) < 4.78 is 0. The van der Waals surface area contributed by atoms with Crippen LogP contribution >= 0.6 is 31.5 Å². The predicted molar refractivity (Wildman–Crippen MR) is 116 cm³/mol. The third-order valence-electron chi connectivity index (χ3n) is 4.99. The fourth-order valence-corrected chi connectivity index (χ4v) is 5.35. The molecule has 4 heteroatoms. The van der Waals surface area contributed by atoms with Gasteiger partial charge in [0.25, 0.3) is 11.1 Å². The van der Waals surface area contributed by atoms with Crippen LogP contribution < -0.4 is 21.9 Å². The molecule has 0 aliphatic carbocycles. The van der Waals surface area contributed by atoms with Gasteiger partial charge in [-0.1, -0.05) is 94.6 Å². The monoisotopic (exact) mass is 432 g/mol. The van der Waals surface area contributed by atoms with Crippen molar-refractivity contribution in [2.75, 3.05) is 0 Å². The van der Waals surface area contributed by atoms with E-state index < -0.39 is 0 Å². The summed E-state index contributed by atoms with van der Waals surface area (Å²) in [5.41, 5.74) is 5.89. The van der Waals surface area contributed by atoms with Crippen LogP contribution in [0.3, 0.4) is 0 Å². The molecule has 4 aromatic rings. The van der Waals surface area contributed by atoms with Crippen molar-refractivity contribution in [3.05, 3.63) is 72.8 Å². The zero-order valence-corrected chi connectivity index (χ0v) is 16.0. The van der Waals surface area contributed by atoms with Crippen molar-refractivity contribution in [1.29, 1.82) is 0 Å². The first-order valence-corrected chi connectivity index (χ1v) is 9.89. The number of halogens is 2. The molecule has 0 N–H and O–H groups in total. The Morgan fingerprint density at radius 1 is 0.458 bits per heavy atom. The molecule has 0 radical (unpaired) electrons. The van der Waals surface area contributed by atoms with Crippen molar-refractivity contribution in [3.63, 3.8) is 0 Å². The van der Waals surface area contributed by atoms with Crippen molar-refractivity contribution in [2.45, 2.75) is 0 Å². The quantitative estimate of drug-likeness (QED) is 0.373. The third kappa shape index (κ3) is 2.13. The minimum Gasteiger partial charge on any atom is -0.143 e. The van der Waals surface area contributed by atoms with Gasteiger partial charge in [-0.2, -0.15) is 0 Å². The average molecular weight is 434 g/mol. The van der Waals surface area contributed by atoms with Crippen molar-refractivity contribution in [3.8, 4) is 0 Å². The molecule has 0 spiro atoms. The van der Waals surface area contributed by atoms with Crippen LogP contribution in [-0.4, -0.2) is 11.1 Å². The molecule has 0 amide bonds. The lowest BCUT2D eigenvalue weighted by Crippen LogP contribution is -2.64. The van der Waals surface area contributed by atoms with Crippen LogP contribution in [0.4, 0.5) is 0 Å². The maximum Gasteiger partial charge on any atom is 0.286 e. The molecule has 1 heterocycles. The molecule has 0 fully saturated rings. The Labute approximate surface area is 158 Å². The highest BCUT2D eigenvalue weighted by molar-refractivity contribution is 9.26. The van der Waals surface area contributed by atoms with Gasteiger partial charge in [0.2, 0.25) is 0 Å². The second kappa shape index (κ2) is 5.50. The molecule has 0 bridgehead atoms. The lowest BCUT2D eigenvalue weighted by molar-refractivity contribution is 1.78. The standard InChI is InChI=1S/C20H12B2Br2/c23-21-17-9-13-5-1-2-6-14(13)10-18(17)22(24)20-12-16-8-4-3-7-15(16)11-19(20)21/h1-12H. The zero-order valence-electron chi connectivity index (χ0n) is 12.8. The van der Waals surface area contributed by atoms with Gasteiger partial charge < -0.3 is 0 Å². The summed E-state index contributed by atoms with van der Waals surface area (Å²) in [4.78, 5) is 0. The Hall–Kier alpha value is -1.51. The minimum atomic E-state index is 0.227. The highest BCUT2D eigenvalue weighted by atomic mass is 79.9. The highest BCUT2D eigenvalue weighted by Gasteiger charge is 2.34. The SMILES string of the molecule is BrB1c2cc3ccccc3cc2B(Br)c2cc3ccccc3cc21. The van der Waals surface area contributed by atoms with Crippen LogP contribution in [0.5, 0.6) is 0 Å². The third-order valence-corrected chi connectivity index (χ3v) is 6.97. The summed E-state index contributed by atoms with van der Waals surface area (Å²) in [5.74, 6) is 0. The van der Waals surface area contributed by atoms with E-state index in [1.165, 1.54) is 43.4 Å². The molecule has 112 valence electrons. The van der Waals surface area contributed by atoms with Gasteiger partial charge in [-0.3, -0.25) is 0 Å². The van der Waals surface area contributed by atoms with Crippen molar-refractivity contribution in [2.24, 2.45) is 0 Å². The highest BCUT2D eigenvalue weighted by Crippen LogP contribution is 2.18. The summed E-state index contributed by atoms with van der Waals surface area (Å²) >= 11 is 7.93. The lowest BCUT2D eigenvalue weighted by atomic mass is 9.43. The first-order valence-electron chi connectivity index (χ1n) is 8.06. The van der Waals surface area contributed by atoms with E-state index in [0.29, 0.717) is 0 Å². The van der Waals surface area contributed by atoms with Crippen molar-refractivity contribution >= 4 is 86.0 Å². The summed E-state index contributed by atoms with van der Waals surface area (Å²) in [6.45, 7) is 0. The Bertz CT molecular complexity index is 933. The smallest absolute Gasteiger partial charge is 0.143 e. The molecular weight excluding hydrogens is 422 g/mol. The van der Waals surface area contributed by atoms with Gasteiger partial charge in [-0.25, -0.2) is 0 Å². The van der Waals surface area contributed by atoms with Gasteiger partial charge in [0, 0.05) is 0 Å². The number of fused-ring (bicyclic) bond motifs is 4. The summed E-state index contributed by atoms with van der Waals surface area (Å²) in [6, 6.07) is 26.5. The van der Waals surface area contributed by atoms with Crippen LogP contribution in [0.15, 0.2) is 72.8 Å². The van der Waals surface area contributed by atoms with Gasteiger partial charge in [0.05, 0.1) is 0 Å². The molecule has 1 aliphatic heterocycles. The van der Waals surface area contributed by atoms with E-state index in [1.807, 2.05) is 0 Å². The van der Waals surface area contributed by atoms with Crippen LogP contribution in [0, 0.1) is 0 Å². The van der Waals surface area contributed by atoms with Crippen LogP contribution in [0.2, 0.25) is 0 Å². The van der Waals surface area contributed by atoms with E-state index in [0.717, 1.165) is 0 Å². The molecule has 24 heavy (non-hydrogen) atoms. The first-order chi connectivity index (χ1) is 11.7. The van der Waals surface area contributed by atoms with E-state index in [1.54, 1.807) is 0 Å². The molecule has 0 nitrogen and oxygen atoms in total. The van der Waals surface area contributed by atoms with Crippen LogP contribution in [0.1, 0.15) is 0 Å². The molecule has 0 unspecified atom stereocenters. The van der Waals surface area contributed by atoms with Gasteiger partial charge >= 0.3 is 0 Å². The fraction of sp³-hybridized carbons (Fsp3) is 0. The fourth-order valence-electron chi connectivity index (χ4n) is 3.76. The Balaban J connectivity index is 1.81. The van der Waals surface area contributed by atoms with Crippen LogP contribution in [0.25, 0.3) is 21.5 Å². The zero-order chi connectivity index (χ0) is 16.3. The Kier molecular flexibility index (Phi) is 3.39. The van der Waals surface area contributed by atoms with Crippen LogP contribution in [-0.2, 0) is 0 Å². The predicted octanol–water partition coefficient (Wildman–Crippen LogP) is 3.31. The Morgan fingerprint density at radius 2 is 0.708 bits per heavy atom. The normalized spacial score (nSPS) is 13.2. The number of hydrogen-bond acceptors (Lipinski definition) is 0. The van der Waals surface area contributed by atoms with Gasteiger partial charge in [0.15, 0.2) is 0 Å². The summed E-state index contributed by atoms with van der Waals surface area (Å²) in [7, 11) is 0. The summed E-state index contributed by atoms with van der Waals surface area (Å²) in [5, 5.41) is 5.18. The maximum absolute atomic E-state index is 3.96. The molecule has 0 aromatic heterocycles. The van der Waals surface area contributed by atoms with Crippen molar-refractivity contribution < 1.29 is 0 Å². The van der Waals surface area contributed by atoms with E-state index in [9.17, 15) is 0 Å². The second-order valence-corrected chi connectivity index (χ2v) is 8.21. The van der Waals surface area contributed by atoms with Gasteiger partial charge in [-0.15, -0.1) is 31.5 Å². The molecular formula is C20H12B2Br2. The molecule has 0 saturated carbocycles. The van der Waals surface area contributed by atoms with Crippen molar-refractivity contribution in [1.82, 2.24) is 0 Å². The molecule has 0 saturated heterocycles. The largest absolute Gasteiger partial charge is 0.286 e. The second-order valence-electron chi connectivity index (χ2n) is 6.38. The average Bonchev–Trinajstić information content (AvgIpc) is 2.64. The molecule has 4 aromatic carbocycles. The van der Waals surface area contributed by atoms with E-state index in [2.05, 4.69) is 104 Å². The molecule has 0 atom stereocenters. The number of hydrogen-bond donors (Lipinski definition) is 0. The number of benzene rings is 4. The van der Waals surface area contributed by atoms with E-state index in [4.69, 9.17) is 0 Å². The minimum absolute atomic E-state index is 0.227. The molecule has 1 aliphatic rings. The number of rotatable bonds is 0. The topological polar surface area (TPSA) is 0 Å². The van der Waals surface area contributed by atoms with E-state index >= 15 is 0 Å². The Morgan fingerprint density at radius 3 is 0.958 bits per heavy atom.